The van der Waals surface area contributed by atoms with E-state index in [0.29, 0.717) is 23.2 Å². The SMILES string of the molecule is CNC(=O)c1cc(Oc2cc3nc(Nc4ccc(C)cc4C)n(C)c3cc2OC)ccn1. The molecule has 2 N–H and O–H groups in total. The van der Waals surface area contributed by atoms with Crippen molar-refractivity contribution in [1.82, 2.24) is 19.9 Å². The van der Waals surface area contributed by atoms with Crippen LogP contribution in [0.25, 0.3) is 11.0 Å². The zero-order chi connectivity index (χ0) is 22.8. The fraction of sp³-hybridized carbons (Fsp3) is 0.208. The molecule has 2 heterocycles. The van der Waals surface area contributed by atoms with Crippen LogP contribution < -0.4 is 20.1 Å². The summed E-state index contributed by atoms with van der Waals surface area (Å²) in [6, 6.07) is 13.2. The molecule has 0 atom stereocenters. The number of aromatic nitrogens is 3. The van der Waals surface area contributed by atoms with E-state index in [1.165, 1.54) is 11.8 Å². The van der Waals surface area contributed by atoms with E-state index in [-0.39, 0.29) is 11.6 Å². The van der Waals surface area contributed by atoms with E-state index in [1.807, 2.05) is 29.8 Å². The number of amides is 1. The van der Waals surface area contributed by atoms with Gasteiger partial charge in [0.2, 0.25) is 5.95 Å². The quantitative estimate of drug-likeness (QED) is 0.468. The minimum absolute atomic E-state index is 0.267. The molecule has 0 radical (unpaired) electrons. The summed E-state index contributed by atoms with van der Waals surface area (Å²) in [7, 11) is 5.08. The highest BCUT2D eigenvalue weighted by molar-refractivity contribution is 5.92. The van der Waals surface area contributed by atoms with Crippen LogP contribution in [0.5, 0.6) is 17.2 Å². The van der Waals surface area contributed by atoms with Gasteiger partial charge in [-0.05, 0) is 31.5 Å². The Kier molecular flexibility index (Phi) is 5.68. The van der Waals surface area contributed by atoms with Crippen molar-refractivity contribution < 1.29 is 14.3 Å². The largest absolute Gasteiger partial charge is 0.493 e. The van der Waals surface area contributed by atoms with Gasteiger partial charge in [0, 0.05) is 44.2 Å². The summed E-state index contributed by atoms with van der Waals surface area (Å²) in [4.78, 5) is 20.7. The lowest BCUT2D eigenvalue weighted by Crippen LogP contribution is -2.18. The zero-order valence-electron chi connectivity index (χ0n) is 18.7. The fourth-order valence-corrected chi connectivity index (χ4v) is 3.48. The number of fused-ring (bicyclic) bond motifs is 1. The summed E-state index contributed by atoms with van der Waals surface area (Å²) in [5.41, 5.74) is 5.25. The number of hydrogen-bond donors (Lipinski definition) is 2. The monoisotopic (exact) mass is 431 g/mol. The van der Waals surface area contributed by atoms with E-state index in [2.05, 4.69) is 41.6 Å². The molecule has 0 bridgehead atoms. The van der Waals surface area contributed by atoms with Gasteiger partial charge in [-0.25, -0.2) is 4.98 Å². The lowest BCUT2D eigenvalue weighted by Gasteiger charge is -2.11. The normalized spacial score (nSPS) is 10.8. The van der Waals surface area contributed by atoms with Crippen molar-refractivity contribution >= 4 is 28.6 Å². The number of pyridine rings is 1. The Morgan fingerprint density at radius 3 is 2.59 bits per heavy atom. The summed E-state index contributed by atoms with van der Waals surface area (Å²) in [5.74, 6) is 1.93. The van der Waals surface area contributed by atoms with Crippen molar-refractivity contribution in [2.75, 3.05) is 19.5 Å². The fourth-order valence-electron chi connectivity index (χ4n) is 3.48. The Balaban J connectivity index is 1.70. The van der Waals surface area contributed by atoms with E-state index in [4.69, 9.17) is 14.5 Å². The van der Waals surface area contributed by atoms with Gasteiger partial charge in [-0.1, -0.05) is 17.7 Å². The number of methoxy groups -OCH3 is 1. The minimum Gasteiger partial charge on any atom is -0.493 e. The number of ether oxygens (including phenoxy) is 2. The van der Waals surface area contributed by atoms with Crippen molar-refractivity contribution in [1.29, 1.82) is 0 Å². The van der Waals surface area contributed by atoms with Crippen LogP contribution in [0.1, 0.15) is 21.6 Å². The molecular formula is C24H25N5O3. The maximum absolute atomic E-state index is 11.9. The predicted molar refractivity (Wildman–Crippen MR) is 124 cm³/mol. The highest BCUT2D eigenvalue weighted by Gasteiger charge is 2.16. The van der Waals surface area contributed by atoms with Gasteiger partial charge in [0.25, 0.3) is 5.91 Å². The standard InChI is InChI=1S/C24H25N5O3/c1-14-6-7-17(15(2)10-14)27-24-28-18-12-22(21(31-5)13-20(18)29(24)4)32-16-8-9-26-19(11-16)23(30)25-3/h6-13H,1-5H3,(H,25,30)(H,27,28). The second-order valence-corrected chi connectivity index (χ2v) is 7.49. The van der Waals surface area contributed by atoms with E-state index >= 15 is 0 Å². The third-order valence-electron chi connectivity index (χ3n) is 5.21. The highest BCUT2D eigenvalue weighted by Crippen LogP contribution is 2.36. The Morgan fingerprint density at radius 2 is 1.88 bits per heavy atom. The second kappa shape index (κ2) is 8.58. The molecule has 0 saturated carbocycles. The first-order valence-electron chi connectivity index (χ1n) is 10.1. The number of nitrogens with one attached hydrogen (secondary N) is 2. The van der Waals surface area contributed by atoms with Crippen molar-refractivity contribution in [2.45, 2.75) is 13.8 Å². The van der Waals surface area contributed by atoms with E-state index in [9.17, 15) is 4.79 Å². The Morgan fingerprint density at radius 1 is 1.06 bits per heavy atom. The zero-order valence-corrected chi connectivity index (χ0v) is 18.7. The van der Waals surface area contributed by atoms with Gasteiger partial charge in [0.05, 0.1) is 18.1 Å². The summed E-state index contributed by atoms with van der Waals surface area (Å²) in [6.45, 7) is 4.13. The maximum Gasteiger partial charge on any atom is 0.269 e. The smallest absolute Gasteiger partial charge is 0.269 e. The molecule has 4 aromatic rings. The van der Waals surface area contributed by atoms with E-state index in [0.717, 1.165) is 22.3 Å². The van der Waals surface area contributed by atoms with Crippen LogP contribution in [0.3, 0.4) is 0 Å². The highest BCUT2D eigenvalue weighted by atomic mass is 16.5. The number of rotatable bonds is 6. The summed E-state index contributed by atoms with van der Waals surface area (Å²) >= 11 is 0. The third-order valence-corrected chi connectivity index (χ3v) is 5.21. The van der Waals surface area contributed by atoms with E-state index in [1.54, 1.807) is 26.3 Å². The summed E-state index contributed by atoms with van der Waals surface area (Å²) in [6.07, 6.45) is 1.53. The van der Waals surface area contributed by atoms with Crippen LogP contribution in [0.2, 0.25) is 0 Å². The second-order valence-electron chi connectivity index (χ2n) is 7.49. The molecule has 0 aliphatic carbocycles. The molecule has 8 heteroatoms. The van der Waals surface area contributed by atoms with Crippen molar-refractivity contribution in [3.8, 4) is 17.2 Å². The topological polar surface area (TPSA) is 90.3 Å². The Bertz CT molecular complexity index is 1310. The first kappa shape index (κ1) is 21.2. The molecule has 2 aromatic carbocycles. The van der Waals surface area contributed by atoms with Gasteiger partial charge in [0.15, 0.2) is 11.5 Å². The molecule has 0 spiro atoms. The number of hydrogen-bond acceptors (Lipinski definition) is 6. The number of anilines is 2. The number of benzene rings is 2. The predicted octanol–water partition coefficient (Wildman–Crippen LogP) is 4.49. The van der Waals surface area contributed by atoms with Crippen molar-refractivity contribution in [3.63, 3.8) is 0 Å². The van der Waals surface area contributed by atoms with Gasteiger partial charge >= 0.3 is 0 Å². The molecular weight excluding hydrogens is 406 g/mol. The molecule has 0 unspecified atom stereocenters. The van der Waals surface area contributed by atoms with Crippen LogP contribution in [-0.4, -0.2) is 34.6 Å². The average Bonchev–Trinajstić information content (AvgIpc) is 3.09. The summed E-state index contributed by atoms with van der Waals surface area (Å²) in [5, 5.41) is 5.96. The van der Waals surface area contributed by atoms with Crippen LogP contribution in [0, 0.1) is 13.8 Å². The number of imidazole rings is 1. The van der Waals surface area contributed by atoms with Crippen LogP contribution >= 0.6 is 0 Å². The average molecular weight is 431 g/mol. The number of carbonyl (C=O) groups excluding carboxylic acids is 1. The van der Waals surface area contributed by atoms with Gasteiger partial charge < -0.3 is 24.7 Å². The van der Waals surface area contributed by atoms with Crippen LogP contribution in [0.4, 0.5) is 11.6 Å². The molecule has 8 nitrogen and oxygen atoms in total. The van der Waals surface area contributed by atoms with Gasteiger partial charge in [0.1, 0.15) is 11.4 Å². The molecule has 0 aliphatic heterocycles. The minimum atomic E-state index is -0.287. The lowest BCUT2D eigenvalue weighted by molar-refractivity contribution is 0.0958. The van der Waals surface area contributed by atoms with Crippen LogP contribution in [-0.2, 0) is 7.05 Å². The first-order valence-corrected chi connectivity index (χ1v) is 10.1. The molecule has 32 heavy (non-hydrogen) atoms. The molecule has 0 saturated heterocycles. The Hall–Kier alpha value is -4.07. The van der Waals surface area contributed by atoms with Gasteiger partial charge in [-0.15, -0.1) is 0 Å². The summed E-state index contributed by atoms with van der Waals surface area (Å²) < 4.78 is 13.6. The van der Waals surface area contributed by atoms with Crippen LogP contribution in [0.15, 0.2) is 48.7 Å². The molecule has 4 rings (SSSR count). The van der Waals surface area contributed by atoms with Gasteiger partial charge in [-0.3, -0.25) is 9.78 Å². The maximum atomic E-state index is 11.9. The molecule has 164 valence electrons. The molecule has 2 aromatic heterocycles. The van der Waals surface area contributed by atoms with Crippen molar-refractivity contribution in [3.05, 3.63) is 65.5 Å². The third kappa shape index (κ3) is 4.07. The number of nitrogens with zero attached hydrogens (tertiary/aromatic N) is 3. The Labute approximate surface area is 186 Å². The number of carbonyl (C=O) groups is 1. The number of aryl methyl sites for hydroxylation is 3. The van der Waals surface area contributed by atoms with Crippen molar-refractivity contribution in [2.24, 2.45) is 7.05 Å². The molecule has 0 aliphatic rings. The van der Waals surface area contributed by atoms with Gasteiger partial charge in [-0.2, -0.15) is 0 Å². The molecule has 1 amide bonds. The molecule has 0 fully saturated rings. The lowest BCUT2D eigenvalue weighted by atomic mass is 10.1. The first-order chi connectivity index (χ1) is 15.4. The van der Waals surface area contributed by atoms with E-state index < -0.39 is 0 Å².